The highest BCUT2D eigenvalue weighted by Crippen LogP contribution is 2.65. The van der Waals surface area contributed by atoms with Gasteiger partial charge in [-0.05, 0) is 0 Å². The number of allylic oxidation sites excluding steroid dienone is 1. The Hall–Kier alpha value is -1.52. The molecule has 162 valence electrons. The molecule has 0 aliphatic heterocycles. The van der Waals surface area contributed by atoms with Gasteiger partial charge in [0.2, 0.25) is 5.83 Å². The molecule has 0 saturated carbocycles. The van der Waals surface area contributed by atoms with Gasteiger partial charge >= 0.3 is 47.8 Å². The fraction of sp³-hybridized carbons (Fsp3) is 0.778. The minimum atomic E-state index is -8.87. The number of hydrogen-bond donors (Lipinski definition) is 0. The second-order valence-electron chi connectivity index (χ2n) is 4.53. The van der Waals surface area contributed by atoms with Crippen LogP contribution in [0.1, 0.15) is 0 Å². The summed E-state index contributed by atoms with van der Waals surface area (Å²) >= 11 is 0. The van der Waals surface area contributed by atoms with Crippen LogP contribution in [0.2, 0.25) is 0 Å². The summed E-state index contributed by atoms with van der Waals surface area (Å²) in [6.45, 7) is 0. The molecule has 0 radical (unpaired) electrons. The van der Waals surface area contributed by atoms with Gasteiger partial charge in [-0.25, -0.2) is 4.39 Å². The van der Waals surface area contributed by atoms with Gasteiger partial charge in [0, 0.05) is 0 Å². The second-order valence-corrected chi connectivity index (χ2v) is 4.53. The molecule has 0 bridgehead atoms. The topological polar surface area (TPSA) is 0 Å². The third-order valence-corrected chi connectivity index (χ3v) is 2.84. The Morgan fingerprint density at radius 2 is 0.741 bits per heavy atom. The van der Waals surface area contributed by atoms with Gasteiger partial charge in [-0.3, -0.25) is 0 Å². The first-order valence-corrected chi connectivity index (χ1v) is 5.40. The monoisotopic (exact) mass is 450 g/mol. The van der Waals surface area contributed by atoms with Gasteiger partial charge in [0.25, 0.3) is 0 Å². The lowest BCUT2D eigenvalue weighted by Gasteiger charge is -2.44. The molecule has 0 saturated heterocycles. The molecular formula is C9F18. The molecule has 0 spiro atoms. The van der Waals surface area contributed by atoms with E-state index >= 15 is 0 Å². The van der Waals surface area contributed by atoms with Crippen molar-refractivity contribution >= 4 is 0 Å². The molecule has 0 rings (SSSR count). The molecule has 0 aromatic rings. The number of rotatable bonds is 5. The van der Waals surface area contributed by atoms with Crippen molar-refractivity contribution in [2.75, 3.05) is 0 Å². The third kappa shape index (κ3) is 3.17. The zero-order chi connectivity index (χ0) is 22.7. The Balaban J connectivity index is 7.18. The van der Waals surface area contributed by atoms with Crippen LogP contribution < -0.4 is 0 Å². The number of hydrogen-bond acceptors (Lipinski definition) is 0. The average molecular weight is 450 g/mol. The molecule has 1 unspecified atom stereocenters. The lowest BCUT2D eigenvalue weighted by atomic mass is 9.81. The minimum absolute atomic E-state index is 4.63. The van der Waals surface area contributed by atoms with Crippen LogP contribution in [0.4, 0.5) is 79.0 Å². The quantitative estimate of drug-likeness (QED) is 0.424. The van der Waals surface area contributed by atoms with E-state index < -0.39 is 53.6 Å². The lowest BCUT2D eigenvalue weighted by Crippen LogP contribution is -2.77. The number of alkyl halides is 15. The van der Waals surface area contributed by atoms with Gasteiger partial charge in [0.05, 0.1) is 0 Å². The van der Waals surface area contributed by atoms with Crippen LogP contribution in [0.5, 0.6) is 0 Å². The van der Waals surface area contributed by atoms with Gasteiger partial charge in [-0.1, -0.05) is 0 Å². The van der Waals surface area contributed by atoms with Crippen LogP contribution in [-0.2, 0) is 0 Å². The SMILES string of the molecule is FC(F)=C(F)C(F)(F)C(F)(F)C(F)(C(F)(F)F)C(F)(F)C(F)(F)C(F)(F)F. The van der Waals surface area contributed by atoms with E-state index in [9.17, 15) is 79.0 Å². The Morgan fingerprint density at radius 3 is 0.963 bits per heavy atom. The van der Waals surface area contributed by atoms with Crippen molar-refractivity contribution in [1.29, 1.82) is 0 Å². The summed E-state index contributed by atoms with van der Waals surface area (Å²) in [6.07, 6.45) is -20.9. The van der Waals surface area contributed by atoms with Crippen molar-refractivity contribution in [1.82, 2.24) is 0 Å². The highest BCUT2D eigenvalue weighted by atomic mass is 19.4. The largest absolute Gasteiger partial charge is 0.460 e. The smallest absolute Gasteiger partial charge is 0.219 e. The fourth-order valence-electron chi connectivity index (χ4n) is 1.42. The minimum Gasteiger partial charge on any atom is -0.219 e. The van der Waals surface area contributed by atoms with E-state index in [-0.39, 0.29) is 0 Å². The first-order chi connectivity index (χ1) is 11.4. The van der Waals surface area contributed by atoms with E-state index in [0.717, 1.165) is 0 Å². The molecule has 0 amide bonds. The fourth-order valence-corrected chi connectivity index (χ4v) is 1.42. The zero-order valence-corrected chi connectivity index (χ0v) is 11.3. The Kier molecular flexibility index (Phi) is 5.90. The summed E-state index contributed by atoms with van der Waals surface area (Å²) in [5.74, 6) is -38.7. The molecule has 0 heterocycles. The lowest BCUT2D eigenvalue weighted by molar-refractivity contribution is -0.455. The van der Waals surface area contributed by atoms with Gasteiger partial charge in [0.15, 0.2) is 0 Å². The molecular weight excluding hydrogens is 450 g/mol. The summed E-state index contributed by atoms with van der Waals surface area (Å²) in [7, 11) is 0. The predicted molar refractivity (Wildman–Crippen MR) is 46.1 cm³/mol. The van der Waals surface area contributed by atoms with E-state index in [2.05, 4.69) is 0 Å². The molecule has 0 N–H and O–H groups in total. The maximum absolute atomic E-state index is 13.5. The van der Waals surface area contributed by atoms with Gasteiger partial charge in [0.1, 0.15) is 0 Å². The number of halogens is 18. The molecule has 0 aromatic heterocycles. The van der Waals surface area contributed by atoms with E-state index in [4.69, 9.17) is 0 Å². The second kappa shape index (κ2) is 6.25. The molecule has 0 nitrogen and oxygen atoms in total. The highest BCUT2D eigenvalue weighted by Gasteiger charge is 2.97. The third-order valence-electron chi connectivity index (χ3n) is 2.84. The Morgan fingerprint density at radius 1 is 0.407 bits per heavy atom. The van der Waals surface area contributed by atoms with Crippen LogP contribution in [0.3, 0.4) is 0 Å². The predicted octanol–water partition coefficient (Wildman–Crippen LogP) is 6.44. The van der Waals surface area contributed by atoms with E-state index in [0.29, 0.717) is 0 Å². The van der Waals surface area contributed by atoms with Gasteiger partial charge < -0.3 is 0 Å². The van der Waals surface area contributed by atoms with E-state index in [1.165, 1.54) is 0 Å². The average Bonchev–Trinajstić information content (AvgIpc) is 2.41. The van der Waals surface area contributed by atoms with Crippen LogP contribution in [-0.4, -0.2) is 41.7 Å². The van der Waals surface area contributed by atoms with E-state index in [1.807, 2.05) is 0 Å². The van der Waals surface area contributed by atoms with Crippen molar-refractivity contribution < 1.29 is 79.0 Å². The van der Waals surface area contributed by atoms with Crippen molar-refractivity contribution in [3.8, 4) is 0 Å². The molecule has 0 aliphatic carbocycles. The normalized spacial score (nSPS) is 17.6. The molecule has 0 fully saturated rings. The van der Waals surface area contributed by atoms with Crippen molar-refractivity contribution in [3.63, 3.8) is 0 Å². The van der Waals surface area contributed by atoms with Crippen LogP contribution >= 0.6 is 0 Å². The zero-order valence-electron chi connectivity index (χ0n) is 11.3. The van der Waals surface area contributed by atoms with Gasteiger partial charge in [-0.15, -0.1) is 0 Å². The van der Waals surface area contributed by atoms with Crippen LogP contribution in [0, 0.1) is 0 Å². The van der Waals surface area contributed by atoms with E-state index in [1.54, 1.807) is 0 Å². The van der Waals surface area contributed by atoms with Crippen molar-refractivity contribution in [2.45, 2.75) is 41.7 Å². The molecule has 0 aliphatic rings. The van der Waals surface area contributed by atoms with Crippen LogP contribution in [0.15, 0.2) is 11.9 Å². The summed E-state index contributed by atoms with van der Waals surface area (Å²) < 4.78 is 225. The molecule has 18 heteroatoms. The maximum Gasteiger partial charge on any atom is 0.460 e. The molecule has 0 aromatic carbocycles. The Bertz CT molecular complexity index is 585. The van der Waals surface area contributed by atoms with Crippen molar-refractivity contribution in [2.24, 2.45) is 0 Å². The first kappa shape index (κ1) is 25.5. The summed E-state index contributed by atoms with van der Waals surface area (Å²) in [5.41, 5.74) is -8.87. The van der Waals surface area contributed by atoms with Crippen molar-refractivity contribution in [3.05, 3.63) is 11.9 Å². The standard InChI is InChI=1S/C9F18/c10-1(2(11)12)3(13,14)5(16,17)4(15,8(22,23)24)6(18,19)7(20,21)9(25,26)27. The highest BCUT2D eigenvalue weighted by molar-refractivity contribution is 5.24. The first-order valence-electron chi connectivity index (χ1n) is 5.40. The maximum atomic E-state index is 13.5. The molecule has 27 heavy (non-hydrogen) atoms. The summed E-state index contributed by atoms with van der Waals surface area (Å²) in [5, 5.41) is 0. The van der Waals surface area contributed by atoms with Crippen LogP contribution in [0.25, 0.3) is 0 Å². The Labute approximate surface area is 134 Å². The summed E-state index contributed by atoms with van der Waals surface area (Å²) in [4.78, 5) is 0. The van der Waals surface area contributed by atoms with Gasteiger partial charge in [-0.2, -0.15) is 74.6 Å². The summed E-state index contributed by atoms with van der Waals surface area (Å²) in [6, 6.07) is 0. The molecule has 1 atom stereocenters.